The second kappa shape index (κ2) is 7.96. The fraction of sp³-hybridized carbons (Fsp3) is 0.800. The third kappa shape index (κ3) is 5.70. The van der Waals surface area contributed by atoms with Crippen LogP contribution < -0.4 is 0 Å². The van der Waals surface area contributed by atoms with Gasteiger partial charge in [0.05, 0.1) is 0 Å². The summed E-state index contributed by atoms with van der Waals surface area (Å²) >= 11 is 0. The summed E-state index contributed by atoms with van der Waals surface area (Å²) in [6.07, 6.45) is 9.98. The lowest BCUT2D eigenvalue weighted by Crippen LogP contribution is -2.41. The molecule has 128 valence electrons. The maximum atomic E-state index is 6.49. The van der Waals surface area contributed by atoms with E-state index in [2.05, 4.69) is 66.8 Å². The van der Waals surface area contributed by atoms with Crippen LogP contribution >= 0.6 is 0 Å². The van der Waals surface area contributed by atoms with Crippen LogP contribution in [0.2, 0.25) is 18.1 Å². The van der Waals surface area contributed by atoms with E-state index >= 15 is 0 Å². The van der Waals surface area contributed by atoms with Gasteiger partial charge in [-0.1, -0.05) is 71.3 Å². The lowest BCUT2D eigenvalue weighted by Gasteiger charge is -2.37. The van der Waals surface area contributed by atoms with Crippen LogP contribution in [-0.2, 0) is 4.43 Å². The van der Waals surface area contributed by atoms with Gasteiger partial charge in [-0.3, -0.25) is 0 Å². The molecule has 0 saturated heterocycles. The Morgan fingerprint density at radius 1 is 1.18 bits per heavy atom. The monoisotopic (exact) mass is 322 g/mol. The number of hydrogen-bond donors (Lipinski definition) is 0. The van der Waals surface area contributed by atoms with Crippen LogP contribution in [0, 0.1) is 11.8 Å². The van der Waals surface area contributed by atoms with Gasteiger partial charge in [0.1, 0.15) is 0 Å². The van der Waals surface area contributed by atoms with Crippen molar-refractivity contribution in [2.24, 2.45) is 11.8 Å². The Labute approximate surface area is 140 Å². The Morgan fingerprint density at radius 3 is 2.32 bits per heavy atom. The molecule has 0 N–H and O–H groups in total. The van der Waals surface area contributed by atoms with Crippen molar-refractivity contribution in [1.82, 2.24) is 0 Å². The molecule has 2 heteroatoms. The number of rotatable bonds is 6. The average molecular weight is 323 g/mol. The first kappa shape index (κ1) is 19.7. The van der Waals surface area contributed by atoms with Crippen molar-refractivity contribution in [2.75, 3.05) is 6.61 Å². The summed E-state index contributed by atoms with van der Waals surface area (Å²) in [6.45, 7) is 19.5. The van der Waals surface area contributed by atoms with Crippen LogP contribution in [0.4, 0.5) is 0 Å². The topological polar surface area (TPSA) is 9.23 Å². The normalized spacial score (nSPS) is 20.7. The molecule has 1 rings (SSSR count). The molecule has 0 spiro atoms. The lowest BCUT2D eigenvalue weighted by molar-refractivity contribution is 0.269. The van der Waals surface area contributed by atoms with E-state index in [4.69, 9.17) is 4.43 Å². The van der Waals surface area contributed by atoms with Crippen molar-refractivity contribution in [2.45, 2.75) is 85.4 Å². The molecule has 0 aromatic carbocycles. The predicted molar refractivity (Wildman–Crippen MR) is 102 cm³/mol. The molecule has 0 bridgehead atoms. The molecular formula is C20H38OSi. The Balaban J connectivity index is 2.85. The highest BCUT2D eigenvalue weighted by Gasteiger charge is 2.37. The zero-order chi connectivity index (χ0) is 17.0. The molecule has 0 heterocycles. The molecule has 0 aromatic heterocycles. The fourth-order valence-corrected chi connectivity index (χ4v) is 3.77. The van der Waals surface area contributed by atoms with Crippen molar-refractivity contribution in [1.29, 1.82) is 0 Å². The van der Waals surface area contributed by atoms with Gasteiger partial charge in [-0.25, -0.2) is 0 Å². The van der Waals surface area contributed by atoms with Crippen LogP contribution in [0.15, 0.2) is 23.3 Å². The maximum absolute atomic E-state index is 6.49. The van der Waals surface area contributed by atoms with Gasteiger partial charge in [0.15, 0.2) is 8.32 Å². The minimum atomic E-state index is -1.65. The highest BCUT2D eigenvalue weighted by molar-refractivity contribution is 6.74. The van der Waals surface area contributed by atoms with Gasteiger partial charge >= 0.3 is 0 Å². The first-order valence-electron chi connectivity index (χ1n) is 9.11. The minimum absolute atomic E-state index is 0.290. The Bertz CT molecular complexity index is 410. The van der Waals surface area contributed by atoms with E-state index in [9.17, 15) is 0 Å². The van der Waals surface area contributed by atoms with E-state index in [1.54, 1.807) is 11.1 Å². The van der Waals surface area contributed by atoms with E-state index in [0.717, 1.165) is 6.61 Å². The molecule has 1 unspecified atom stereocenters. The van der Waals surface area contributed by atoms with Crippen LogP contribution in [0.5, 0.6) is 0 Å². The Kier molecular flexibility index (Phi) is 7.13. The lowest BCUT2D eigenvalue weighted by atomic mass is 9.96. The first-order chi connectivity index (χ1) is 10.1. The number of hydrogen-bond acceptors (Lipinski definition) is 1. The van der Waals surface area contributed by atoms with E-state index in [1.165, 1.54) is 25.7 Å². The molecule has 0 fully saturated rings. The second-order valence-corrected chi connectivity index (χ2v) is 13.5. The summed E-state index contributed by atoms with van der Waals surface area (Å²) in [5.74, 6) is 1.13. The number of allylic oxidation sites excluding steroid dienone is 2. The van der Waals surface area contributed by atoms with Gasteiger partial charge in [-0.05, 0) is 43.3 Å². The predicted octanol–water partition coefficient (Wildman–Crippen LogP) is 6.73. The fourth-order valence-electron chi connectivity index (χ4n) is 2.73. The molecule has 0 amide bonds. The molecule has 0 aliphatic heterocycles. The molecule has 1 aliphatic rings. The molecule has 1 atom stereocenters. The van der Waals surface area contributed by atoms with Gasteiger partial charge in [0.2, 0.25) is 0 Å². The van der Waals surface area contributed by atoms with E-state index in [1.807, 2.05) is 0 Å². The average Bonchev–Trinajstić information content (AvgIpc) is 2.58. The maximum Gasteiger partial charge on any atom is 0.192 e. The zero-order valence-corrected chi connectivity index (χ0v) is 17.3. The quantitative estimate of drug-likeness (QED) is 0.389. The van der Waals surface area contributed by atoms with Crippen LogP contribution in [0.25, 0.3) is 0 Å². The van der Waals surface area contributed by atoms with Crippen LogP contribution in [0.3, 0.4) is 0 Å². The zero-order valence-electron chi connectivity index (χ0n) is 16.3. The minimum Gasteiger partial charge on any atom is -0.416 e. The van der Waals surface area contributed by atoms with Crippen molar-refractivity contribution >= 4 is 8.32 Å². The van der Waals surface area contributed by atoms with E-state index < -0.39 is 8.32 Å². The van der Waals surface area contributed by atoms with Crippen molar-refractivity contribution < 1.29 is 4.43 Å². The standard InChI is InChI=1S/C20H38OSi/c1-9-10-17-11-12-19(16(2)3)14-18(13-17)15-21-22(7,8)20(4,5)6/h13-14,16,18H,9-12,15H2,1-8H3. The highest BCUT2D eigenvalue weighted by atomic mass is 28.4. The summed E-state index contributed by atoms with van der Waals surface area (Å²) in [4.78, 5) is 0. The molecule has 22 heavy (non-hydrogen) atoms. The molecule has 0 radical (unpaired) electrons. The van der Waals surface area contributed by atoms with Gasteiger partial charge < -0.3 is 4.43 Å². The third-order valence-electron chi connectivity index (χ3n) is 5.37. The summed E-state index contributed by atoms with van der Waals surface area (Å²) in [7, 11) is -1.65. The van der Waals surface area contributed by atoms with Crippen molar-refractivity contribution in [3.05, 3.63) is 23.3 Å². The smallest absolute Gasteiger partial charge is 0.192 e. The highest BCUT2D eigenvalue weighted by Crippen LogP contribution is 2.37. The van der Waals surface area contributed by atoms with Gasteiger partial charge in [-0.2, -0.15) is 0 Å². The summed E-state index contributed by atoms with van der Waals surface area (Å²) in [5.41, 5.74) is 3.25. The SMILES string of the molecule is CCCC1=CC(CO[Si](C)(C)C(C)(C)C)C=C(C(C)C)CC1. The van der Waals surface area contributed by atoms with Gasteiger partial charge in [-0.15, -0.1) is 0 Å². The van der Waals surface area contributed by atoms with Crippen LogP contribution in [0.1, 0.15) is 67.2 Å². The molecule has 0 saturated carbocycles. The second-order valence-electron chi connectivity index (χ2n) is 8.71. The third-order valence-corrected chi connectivity index (χ3v) is 9.87. The Morgan fingerprint density at radius 2 is 1.82 bits per heavy atom. The molecular weight excluding hydrogens is 284 g/mol. The molecule has 1 nitrogen and oxygen atoms in total. The van der Waals surface area contributed by atoms with Gasteiger partial charge in [0.25, 0.3) is 0 Å². The summed E-state index contributed by atoms with van der Waals surface area (Å²) in [6, 6.07) is 0. The Hall–Kier alpha value is -0.343. The van der Waals surface area contributed by atoms with Crippen molar-refractivity contribution in [3.63, 3.8) is 0 Å². The molecule has 0 aromatic rings. The van der Waals surface area contributed by atoms with Crippen molar-refractivity contribution in [3.8, 4) is 0 Å². The van der Waals surface area contributed by atoms with E-state index in [0.29, 0.717) is 11.8 Å². The molecule has 1 aliphatic carbocycles. The summed E-state index contributed by atoms with van der Waals surface area (Å²) < 4.78 is 6.49. The first-order valence-corrected chi connectivity index (χ1v) is 12.0. The van der Waals surface area contributed by atoms with Gasteiger partial charge in [0, 0.05) is 12.5 Å². The summed E-state index contributed by atoms with van der Waals surface area (Å²) in [5, 5.41) is 0.290. The van der Waals surface area contributed by atoms with E-state index in [-0.39, 0.29) is 5.04 Å². The largest absolute Gasteiger partial charge is 0.416 e. The van der Waals surface area contributed by atoms with Crippen LogP contribution in [-0.4, -0.2) is 14.9 Å².